The van der Waals surface area contributed by atoms with E-state index < -0.39 is 5.97 Å². The van der Waals surface area contributed by atoms with Crippen LogP contribution in [0.5, 0.6) is 0 Å². The summed E-state index contributed by atoms with van der Waals surface area (Å²) in [5, 5.41) is 10.3. The van der Waals surface area contributed by atoms with Gasteiger partial charge in [0.1, 0.15) is 0 Å². The Kier molecular flexibility index (Phi) is 6.63. The standard InChI is InChI=1S/C27H28N4O3S/c1-17-9-6-7-12-21(17)28-24(32)16-34-27(33)20-15-22(23-13-8-14-35-23)29-26-25(20)18(2)30-31(26)19-10-4-3-5-11-19/h3-5,8,10-11,13-15,17,21H,6-7,9,12,16H2,1-2H3,(H,28,32). The molecule has 4 aromatic rings. The van der Waals surface area contributed by atoms with Crippen molar-refractivity contribution in [1.82, 2.24) is 20.1 Å². The number of benzene rings is 1. The number of nitrogens with zero attached hydrogens (tertiary/aromatic N) is 3. The number of esters is 1. The summed E-state index contributed by atoms with van der Waals surface area (Å²) in [5.41, 5.74) is 3.12. The van der Waals surface area contributed by atoms with Gasteiger partial charge in [0.2, 0.25) is 0 Å². The Labute approximate surface area is 208 Å². The Hall–Kier alpha value is -3.52. The summed E-state index contributed by atoms with van der Waals surface area (Å²) in [6, 6.07) is 15.5. The van der Waals surface area contributed by atoms with Crippen molar-refractivity contribution in [3.05, 3.63) is 65.2 Å². The molecule has 1 aliphatic rings. The van der Waals surface area contributed by atoms with Gasteiger partial charge in [0.25, 0.3) is 5.91 Å². The van der Waals surface area contributed by atoms with Gasteiger partial charge in [-0.15, -0.1) is 11.3 Å². The average Bonchev–Trinajstić information content (AvgIpc) is 3.53. The Bertz CT molecular complexity index is 1350. The molecule has 0 saturated heterocycles. The SMILES string of the molecule is Cc1nn(-c2ccccc2)c2nc(-c3cccs3)cc(C(=O)OCC(=O)NC3CCCCC3C)c12. The van der Waals surface area contributed by atoms with E-state index in [2.05, 4.69) is 17.3 Å². The largest absolute Gasteiger partial charge is 0.452 e. The van der Waals surface area contributed by atoms with Crippen LogP contribution in [0.1, 0.15) is 48.7 Å². The lowest BCUT2D eigenvalue weighted by atomic mass is 9.86. The maximum Gasteiger partial charge on any atom is 0.339 e. The molecule has 0 radical (unpaired) electrons. The summed E-state index contributed by atoms with van der Waals surface area (Å²) in [4.78, 5) is 31.6. The highest BCUT2D eigenvalue weighted by molar-refractivity contribution is 7.13. The third kappa shape index (κ3) is 4.84. The molecule has 2 unspecified atom stereocenters. The number of ether oxygens (including phenoxy) is 1. The topological polar surface area (TPSA) is 86.1 Å². The molecule has 3 heterocycles. The second kappa shape index (κ2) is 10.00. The zero-order chi connectivity index (χ0) is 24.4. The van der Waals surface area contributed by atoms with Crippen molar-refractivity contribution in [2.45, 2.75) is 45.6 Å². The van der Waals surface area contributed by atoms with E-state index in [0.29, 0.717) is 33.9 Å². The molecule has 1 N–H and O–H groups in total. The molecular weight excluding hydrogens is 460 g/mol. The first-order valence-corrected chi connectivity index (χ1v) is 12.9. The quantitative estimate of drug-likeness (QED) is 0.372. The third-order valence-electron chi connectivity index (χ3n) is 6.60. The summed E-state index contributed by atoms with van der Waals surface area (Å²) in [6.45, 7) is 3.69. The van der Waals surface area contributed by atoms with Gasteiger partial charge >= 0.3 is 5.97 Å². The van der Waals surface area contributed by atoms with E-state index >= 15 is 0 Å². The summed E-state index contributed by atoms with van der Waals surface area (Å²) < 4.78 is 7.25. The maximum atomic E-state index is 13.3. The number of thiophene rings is 1. The van der Waals surface area contributed by atoms with E-state index in [4.69, 9.17) is 9.72 Å². The number of para-hydroxylation sites is 1. The Morgan fingerprint density at radius 3 is 2.69 bits per heavy atom. The molecule has 1 amide bonds. The third-order valence-corrected chi connectivity index (χ3v) is 7.49. The van der Waals surface area contributed by atoms with Crippen LogP contribution in [0.2, 0.25) is 0 Å². The molecule has 1 aromatic carbocycles. The first-order chi connectivity index (χ1) is 17.0. The van der Waals surface area contributed by atoms with E-state index in [1.807, 2.05) is 54.8 Å². The molecule has 2 atom stereocenters. The summed E-state index contributed by atoms with van der Waals surface area (Å²) in [7, 11) is 0. The minimum absolute atomic E-state index is 0.138. The average molecular weight is 489 g/mol. The van der Waals surface area contributed by atoms with Gasteiger partial charge in [-0.25, -0.2) is 14.5 Å². The highest BCUT2D eigenvalue weighted by atomic mass is 32.1. The summed E-state index contributed by atoms with van der Waals surface area (Å²) in [5.74, 6) is -0.390. The second-order valence-electron chi connectivity index (χ2n) is 9.08. The second-order valence-corrected chi connectivity index (χ2v) is 10.0. The molecule has 1 saturated carbocycles. The van der Waals surface area contributed by atoms with Crippen LogP contribution < -0.4 is 5.32 Å². The molecule has 5 rings (SSSR count). The molecule has 0 bridgehead atoms. The lowest BCUT2D eigenvalue weighted by Crippen LogP contribution is -2.42. The van der Waals surface area contributed by atoms with Gasteiger partial charge in [-0.1, -0.05) is 44.0 Å². The van der Waals surface area contributed by atoms with Crippen molar-refractivity contribution < 1.29 is 14.3 Å². The van der Waals surface area contributed by atoms with Crippen LogP contribution in [0, 0.1) is 12.8 Å². The fraction of sp³-hybridized carbons (Fsp3) is 0.333. The molecule has 1 fully saturated rings. The van der Waals surface area contributed by atoms with Crippen molar-refractivity contribution in [3.63, 3.8) is 0 Å². The fourth-order valence-corrected chi connectivity index (χ4v) is 5.42. The van der Waals surface area contributed by atoms with Crippen LogP contribution in [0.15, 0.2) is 53.9 Å². The van der Waals surface area contributed by atoms with Gasteiger partial charge in [0, 0.05) is 6.04 Å². The monoisotopic (exact) mass is 488 g/mol. The number of pyridine rings is 1. The summed E-state index contributed by atoms with van der Waals surface area (Å²) in [6.07, 6.45) is 4.38. The number of nitrogens with one attached hydrogen (secondary N) is 1. The fourth-order valence-electron chi connectivity index (χ4n) is 4.74. The van der Waals surface area contributed by atoms with Gasteiger partial charge in [-0.2, -0.15) is 5.10 Å². The van der Waals surface area contributed by atoms with Gasteiger partial charge in [0.15, 0.2) is 12.3 Å². The number of carbonyl (C=O) groups excluding carboxylic acids is 2. The zero-order valence-electron chi connectivity index (χ0n) is 19.9. The van der Waals surface area contributed by atoms with Crippen LogP contribution in [0.4, 0.5) is 0 Å². The van der Waals surface area contributed by atoms with Gasteiger partial charge in [0.05, 0.1) is 32.9 Å². The van der Waals surface area contributed by atoms with Crippen LogP contribution in [-0.4, -0.2) is 39.3 Å². The van der Waals surface area contributed by atoms with E-state index in [1.54, 1.807) is 22.1 Å². The maximum absolute atomic E-state index is 13.3. The van der Waals surface area contributed by atoms with Crippen molar-refractivity contribution in [2.24, 2.45) is 5.92 Å². The Morgan fingerprint density at radius 1 is 1.14 bits per heavy atom. The smallest absolute Gasteiger partial charge is 0.339 e. The molecule has 35 heavy (non-hydrogen) atoms. The lowest BCUT2D eigenvalue weighted by molar-refractivity contribution is -0.125. The highest BCUT2D eigenvalue weighted by Gasteiger charge is 2.25. The summed E-state index contributed by atoms with van der Waals surface area (Å²) >= 11 is 1.54. The molecule has 7 nitrogen and oxygen atoms in total. The van der Waals surface area contributed by atoms with E-state index in [1.165, 1.54) is 6.42 Å². The molecule has 0 spiro atoms. The van der Waals surface area contributed by atoms with Gasteiger partial charge < -0.3 is 10.1 Å². The van der Waals surface area contributed by atoms with E-state index in [0.717, 1.165) is 29.8 Å². The van der Waals surface area contributed by atoms with Crippen molar-refractivity contribution in [3.8, 4) is 16.3 Å². The molecule has 1 aliphatic carbocycles. The molecule has 0 aliphatic heterocycles. The molecular formula is C27H28N4O3S. The predicted molar refractivity (Wildman–Crippen MR) is 137 cm³/mol. The number of hydrogen-bond acceptors (Lipinski definition) is 6. The number of rotatable bonds is 6. The van der Waals surface area contributed by atoms with Gasteiger partial charge in [-0.3, -0.25) is 4.79 Å². The van der Waals surface area contributed by atoms with Crippen molar-refractivity contribution in [1.29, 1.82) is 0 Å². The number of carbonyl (C=O) groups is 2. The van der Waals surface area contributed by atoms with Crippen molar-refractivity contribution in [2.75, 3.05) is 6.61 Å². The Balaban J connectivity index is 1.46. The number of hydrogen-bond donors (Lipinski definition) is 1. The number of aromatic nitrogens is 3. The normalized spacial score (nSPS) is 17.9. The minimum Gasteiger partial charge on any atom is -0.452 e. The van der Waals surface area contributed by atoms with E-state index in [9.17, 15) is 9.59 Å². The van der Waals surface area contributed by atoms with Crippen LogP contribution >= 0.6 is 11.3 Å². The van der Waals surface area contributed by atoms with Crippen LogP contribution in [0.3, 0.4) is 0 Å². The number of aryl methyl sites for hydroxylation is 1. The van der Waals surface area contributed by atoms with Gasteiger partial charge in [-0.05, 0) is 55.3 Å². The first-order valence-electron chi connectivity index (χ1n) is 12.0. The number of fused-ring (bicyclic) bond motifs is 1. The van der Waals surface area contributed by atoms with Crippen LogP contribution in [0.25, 0.3) is 27.3 Å². The first kappa shape index (κ1) is 23.2. The zero-order valence-corrected chi connectivity index (χ0v) is 20.7. The van der Waals surface area contributed by atoms with E-state index in [-0.39, 0.29) is 18.6 Å². The lowest BCUT2D eigenvalue weighted by Gasteiger charge is -2.29. The predicted octanol–water partition coefficient (Wildman–Crippen LogP) is 5.31. The molecule has 3 aromatic heterocycles. The number of amides is 1. The highest BCUT2D eigenvalue weighted by Crippen LogP contribution is 2.31. The van der Waals surface area contributed by atoms with Crippen molar-refractivity contribution >= 4 is 34.2 Å². The molecule has 8 heteroatoms. The minimum atomic E-state index is -0.558. The van der Waals surface area contributed by atoms with Crippen LogP contribution in [-0.2, 0) is 9.53 Å². The molecule has 180 valence electrons. The Morgan fingerprint density at radius 2 is 1.94 bits per heavy atom.